The van der Waals surface area contributed by atoms with Crippen molar-refractivity contribution >= 4 is 35.7 Å². The zero-order valence-electron chi connectivity index (χ0n) is 38.8. The number of carboxylic acid groups (broad SMARTS) is 1. The van der Waals surface area contributed by atoms with Crippen LogP contribution in [0.25, 0.3) is 0 Å². The number of rotatable bonds is 23. The molecule has 0 aliphatic carbocycles. The lowest BCUT2D eigenvalue weighted by atomic mass is 9.89. The van der Waals surface area contributed by atoms with Gasteiger partial charge in [-0.05, 0) is 28.9 Å². The molecular formula is C47H70FN5O10. The Bertz CT molecular complexity index is 1800. The summed E-state index contributed by atoms with van der Waals surface area (Å²) in [5.41, 5.74) is 1.51. The molecule has 350 valence electrons. The van der Waals surface area contributed by atoms with E-state index in [2.05, 4.69) is 10.6 Å². The van der Waals surface area contributed by atoms with Gasteiger partial charge in [-0.2, -0.15) is 0 Å². The van der Waals surface area contributed by atoms with Gasteiger partial charge in [0, 0.05) is 41.2 Å². The van der Waals surface area contributed by atoms with Gasteiger partial charge in [0.2, 0.25) is 23.6 Å². The third kappa shape index (κ3) is 14.2. The zero-order valence-corrected chi connectivity index (χ0v) is 38.8. The van der Waals surface area contributed by atoms with E-state index in [1.807, 2.05) is 44.2 Å². The van der Waals surface area contributed by atoms with E-state index < -0.39 is 90.2 Å². The topological polar surface area (TPSA) is 184 Å². The lowest BCUT2D eigenvalue weighted by Gasteiger charge is -2.41. The van der Waals surface area contributed by atoms with Crippen LogP contribution in [0, 0.1) is 23.7 Å². The van der Waals surface area contributed by atoms with Crippen LogP contribution in [-0.4, -0.2) is 139 Å². The molecule has 0 bridgehead atoms. The summed E-state index contributed by atoms with van der Waals surface area (Å²) >= 11 is 0. The molecule has 5 amide bonds. The highest BCUT2D eigenvalue weighted by molar-refractivity contribution is 5.92. The molecule has 2 aromatic rings. The van der Waals surface area contributed by atoms with Crippen LogP contribution in [0.2, 0.25) is 0 Å². The third-order valence-corrected chi connectivity index (χ3v) is 12.2. The smallest absolute Gasteiger partial charge is 0.410 e. The van der Waals surface area contributed by atoms with Crippen molar-refractivity contribution < 1.29 is 52.5 Å². The van der Waals surface area contributed by atoms with Crippen LogP contribution in [0.3, 0.4) is 0 Å². The van der Waals surface area contributed by atoms with E-state index in [1.165, 1.54) is 36.0 Å². The number of hydrogen-bond acceptors (Lipinski definition) is 9. The molecule has 63 heavy (non-hydrogen) atoms. The number of likely N-dealkylation sites (N-methyl/N-ethyl adjacent to an activating group) is 2. The molecule has 3 N–H and O–H groups in total. The van der Waals surface area contributed by atoms with E-state index in [4.69, 9.17) is 14.2 Å². The number of carbonyl (C=O) groups excluding carboxylic acids is 5. The number of benzene rings is 2. The van der Waals surface area contributed by atoms with E-state index in [0.29, 0.717) is 6.42 Å². The SMILES string of the molecule is CC[C@H](C)[C@@H]([C@@H](CC(=O)N1C[C@@H](F)C[C@H]1[C@H](OC)[C@@H](C)C(=O)N[C@@H](Cc1ccccc1)C(=O)O)OC)N(C)C(=O)[C@@H](NC(=O)[C@H](C(C)C)N(C)C(=O)OCc1ccccc1)C(C)C. The van der Waals surface area contributed by atoms with Crippen LogP contribution in [0.4, 0.5) is 9.18 Å². The fraction of sp³-hybridized carbons (Fsp3) is 0.617. The van der Waals surface area contributed by atoms with E-state index in [-0.39, 0.29) is 50.2 Å². The van der Waals surface area contributed by atoms with E-state index in [9.17, 15) is 33.9 Å². The summed E-state index contributed by atoms with van der Waals surface area (Å²) in [4.78, 5) is 85.6. The number of carboxylic acids is 1. The van der Waals surface area contributed by atoms with Gasteiger partial charge < -0.3 is 39.8 Å². The van der Waals surface area contributed by atoms with Crippen LogP contribution >= 0.6 is 0 Å². The molecule has 0 spiro atoms. The van der Waals surface area contributed by atoms with Gasteiger partial charge in [-0.3, -0.25) is 24.1 Å². The first-order valence-corrected chi connectivity index (χ1v) is 21.8. The lowest BCUT2D eigenvalue weighted by Crippen LogP contribution is -2.60. The number of amides is 5. The van der Waals surface area contributed by atoms with Crippen molar-refractivity contribution in [1.29, 1.82) is 0 Å². The van der Waals surface area contributed by atoms with E-state index in [1.54, 1.807) is 72.0 Å². The molecule has 16 heteroatoms. The maximum atomic E-state index is 15.3. The van der Waals surface area contributed by atoms with Crippen molar-refractivity contribution in [3.8, 4) is 0 Å². The van der Waals surface area contributed by atoms with Crippen molar-refractivity contribution in [2.75, 3.05) is 34.9 Å². The highest BCUT2D eigenvalue weighted by atomic mass is 19.1. The number of likely N-dealkylation sites (tertiary alicyclic amines) is 1. The summed E-state index contributed by atoms with van der Waals surface area (Å²) in [6, 6.07) is 13.3. The van der Waals surface area contributed by atoms with Crippen molar-refractivity contribution in [3.63, 3.8) is 0 Å². The van der Waals surface area contributed by atoms with Gasteiger partial charge in [-0.25, -0.2) is 14.0 Å². The van der Waals surface area contributed by atoms with Gasteiger partial charge in [-0.15, -0.1) is 0 Å². The molecule has 1 aliphatic rings. The Kier molecular flexibility index (Phi) is 20.5. The first kappa shape index (κ1) is 52.3. The molecule has 1 saturated heterocycles. The van der Waals surface area contributed by atoms with Crippen molar-refractivity contribution in [2.24, 2.45) is 23.7 Å². The Morgan fingerprint density at radius 2 is 1.41 bits per heavy atom. The minimum Gasteiger partial charge on any atom is -0.480 e. The first-order valence-electron chi connectivity index (χ1n) is 21.8. The molecule has 1 heterocycles. The summed E-state index contributed by atoms with van der Waals surface area (Å²) < 4.78 is 32.5. The summed E-state index contributed by atoms with van der Waals surface area (Å²) in [5, 5.41) is 15.4. The minimum absolute atomic E-state index is 0.0229. The number of ether oxygens (including phenoxy) is 3. The normalized spacial score (nSPS) is 18.9. The second-order valence-electron chi connectivity index (χ2n) is 17.4. The summed E-state index contributed by atoms with van der Waals surface area (Å²) in [7, 11) is 5.88. The molecular weight excluding hydrogens is 814 g/mol. The van der Waals surface area contributed by atoms with Crippen LogP contribution in [0.1, 0.15) is 78.9 Å². The molecule has 10 atom stereocenters. The molecule has 0 aromatic heterocycles. The van der Waals surface area contributed by atoms with E-state index >= 15 is 4.39 Å². The second-order valence-corrected chi connectivity index (χ2v) is 17.4. The molecule has 2 aromatic carbocycles. The van der Waals surface area contributed by atoms with Crippen LogP contribution in [0.5, 0.6) is 0 Å². The Morgan fingerprint density at radius 3 is 1.92 bits per heavy atom. The maximum Gasteiger partial charge on any atom is 0.410 e. The zero-order chi connectivity index (χ0) is 47.1. The predicted octanol–water partition coefficient (Wildman–Crippen LogP) is 5.10. The van der Waals surface area contributed by atoms with Crippen LogP contribution in [0.15, 0.2) is 60.7 Å². The summed E-state index contributed by atoms with van der Waals surface area (Å²) in [6.45, 7) is 12.4. The standard InChI is InChI=1S/C47H70FN5O10/c1-12-30(6)41(51(8)45(57)39(28(2)3)50-44(56)40(29(4)5)52(9)47(60)63-27-33-21-17-14-18-22-33)37(61-10)25-38(54)53-26-34(48)24-36(53)42(62-11)31(7)43(55)49-35(46(58)59)23-32-19-15-13-16-20-32/h13-22,28-31,34-37,39-42H,12,23-27H2,1-11H3,(H,49,55)(H,50,56)(H,58,59)/t30-,31+,34-,35-,36-,37+,39-,40-,41-,42+/m0/s1. The number of carbonyl (C=O) groups is 6. The molecule has 1 fully saturated rings. The number of alkyl halides is 1. The number of methoxy groups -OCH3 is 2. The average molecular weight is 884 g/mol. The predicted molar refractivity (Wildman–Crippen MR) is 236 cm³/mol. The Labute approximate surface area is 372 Å². The molecule has 0 unspecified atom stereocenters. The summed E-state index contributed by atoms with van der Waals surface area (Å²) in [6.07, 6.45) is -3.66. The highest BCUT2D eigenvalue weighted by Crippen LogP contribution is 2.31. The quantitative estimate of drug-likeness (QED) is 0.136. The number of aliphatic carboxylic acids is 1. The maximum absolute atomic E-state index is 15.3. The summed E-state index contributed by atoms with van der Waals surface area (Å²) in [5.74, 6) is -5.16. The largest absolute Gasteiger partial charge is 0.480 e. The van der Waals surface area contributed by atoms with Crippen LogP contribution in [-0.2, 0) is 51.2 Å². The highest BCUT2D eigenvalue weighted by Gasteiger charge is 2.46. The Morgan fingerprint density at radius 1 is 0.825 bits per heavy atom. The molecule has 0 radical (unpaired) electrons. The van der Waals surface area contributed by atoms with Crippen molar-refractivity contribution in [1.82, 2.24) is 25.3 Å². The number of hydrogen-bond donors (Lipinski definition) is 3. The number of nitrogens with zero attached hydrogens (tertiary/aromatic N) is 3. The van der Waals surface area contributed by atoms with Gasteiger partial charge in [0.15, 0.2) is 0 Å². The van der Waals surface area contributed by atoms with Gasteiger partial charge in [-0.1, -0.05) is 116 Å². The fourth-order valence-corrected chi connectivity index (χ4v) is 8.46. The minimum atomic E-state index is -1.41. The Balaban J connectivity index is 1.79. The Hall–Kier alpha value is -5.09. The van der Waals surface area contributed by atoms with Crippen LogP contribution < -0.4 is 10.6 Å². The fourth-order valence-electron chi connectivity index (χ4n) is 8.46. The molecule has 1 aliphatic heterocycles. The average Bonchev–Trinajstić information content (AvgIpc) is 3.64. The van der Waals surface area contributed by atoms with Gasteiger partial charge in [0.1, 0.15) is 30.9 Å². The van der Waals surface area contributed by atoms with E-state index in [0.717, 1.165) is 11.1 Å². The molecule has 0 saturated carbocycles. The van der Waals surface area contributed by atoms with Crippen molar-refractivity contribution in [3.05, 3.63) is 71.8 Å². The monoisotopic (exact) mass is 884 g/mol. The first-order chi connectivity index (χ1) is 29.8. The van der Waals surface area contributed by atoms with Crippen molar-refractivity contribution in [2.45, 2.75) is 129 Å². The number of nitrogens with one attached hydrogen (secondary N) is 2. The second kappa shape index (κ2) is 24.7. The third-order valence-electron chi connectivity index (χ3n) is 12.2. The lowest BCUT2D eigenvalue weighted by molar-refractivity contribution is -0.148. The molecule has 3 rings (SSSR count). The van der Waals surface area contributed by atoms with Gasteiger partial charge in [0.25, 0.3) is 0 Å². The van der Waals surface area contributed by atoms with Gasteiger partial charge >= 0.3 is 12.1 Å². The van der Waals surface area contributed by atoms with Gasteiger partial charge in [0.05, 0.1) is 43.2 Å². The molecule has 15 nitrogen and oxygen atoms in total. The number of halogens is 1.